The standard InChI is InChI=1S/C10H9BrF3NO2/c11-6-1-2-7(10(12,13)14)8(5-6)15-4-3-9(16)17/h1-2,5,15H,3-4H2,(H,16,17). The topological polar surface area (TPSA) is 49.3 Å². The van der Waals surface area contributed by atoms with Crippen LogP contribution in [0.4, 0.5) is 18.9 Å². The van der Waals surface area contributed by atoms with Crippen LogP contribution in [0, 0.1) is 0 Å². The molecule has 2 N–H and O–H groups in total. The van der Waals surface area contributed by atoms with E-state index in [0.717, 1.165) is 6.07 Å². The molecule has 0 bridgehead atoms. The number of nitrogens with one attached hydrogen (secondary N) is 1. The van der Waals surface area contributed by atoms with Crippen molar-refractivity contribution in [1.29, 1.82) is 0 Å². The molecule has 0 atom stereocenters. The summed E-state index contributed by atoms with van der Waals surface area (Å²) in [4.78, 5) is 10.3. The molecule has 0 unspecified atom stereocenters. The van der Waals surface area contributed by atoms with E-state index in [9.17, 15) is 18.0 Å². The van der Waals surface area contributed by atoms with Gasteiger partial charge in [0.15, 0.2) is 0 Å². The molecule has 0 heterocycles. The predicted molar refractivity (Wildman–Crippen MR) is 59.9 cm³/mol. The number of rotatable bonds is 4. The minimum atomic E-state index is -4.47. The minimum Gasteiger partial charge on any atom is -0.481 e. The second kappa shape index (κ2) is 5.39. The van der Waals surface area contributed by atoms with E-state index in [-0.39, 0.29) is 18.7 Å². The van der Waals surface area contributed by atoms with Crippen molar-refractivity contribution in [3.05, 3.63) is 28.2 Å². The number of anilines is 1. The molecule has 0 spiro atoms. The third-order valence-corrected chi connectivity index (χ3v) is 2.43. The zero-order valence-corrected chi connectivity index (χ0v) is 10.1. The van der Waals surface area contributed by atoms with Crippen molar-refractivity contribution in [3.8, 4) is 0 Å². The van der Waals surface area contributed by atoms with Crippen LogP contribution in [-0.4, -0.2) is 17.6 Å². The lowest BCUT2D eigenvalue weighted by molar-refractivity contribution is -0.137. The number of hydrogen-bond donors (Lipinski definition) is 2. The van der Waals surface area contributed by atoms with E-state index in [4.69, 9.17) is 5.11 Å². The maximum absolute atomic E-state index is 12.6. The summed E-state index contributed by atoms with van der Waals surface area (Å²) in [7, 11) is 0. The molecule has 0 saturated carbocycles. The van der Waals surface area contributed by atoms with Crippen LogP contribution in [0.5, 0.6) is 0 Å². The summed E-state index contributed by atoms with van der Waals surface area (Å²) >= 11 is 3.06. The largest absolute Gasteiger partial charge is 0.481 e. The van der Waals surface area contributed by atoms with Gasteiger partial charge in [-0.2, -0.15) is 13.2 Å². The van der Waals surface area contributed by atoms with Crippen LogP contribution in [-0.2, 0) is 11.0 Å². The molecule has 0 radical (unpaired) electrons. The first-order valence-corrected chi connectivity index (χ1v) is 5.42. The fourth-order valence-corrected chi connectivity index (χ4v) is 1.58. The summed E-state index contributed by atoms with van der Waals surface area (Å²) in [5.41, 5.74) is -0.945. The fraction of sp³-hybridized carbons (Fsp3) is 0.300. The van der Waals surface area contributed by atoms with Crippen LogP contribution < -0.4 is 5.32 Å². The molecule has 0 aliphatic heterocycles. The first-order valence-electron chi connectivity index (χ1n) is 4.63. The number of carbonyl (C=O) groups is 1. The first-order chi connectivity index (χ1) is 7.80. The van der Waals surface area contributed by atoms with Gasteiger partial charge >= 0.3 is 12.1 Å². The van der Waals surface area contributed by atoms with Gasteiger partial charge in [0.1, 0.15) is 0 Å². The van der Waals surface area contributed by atoms with Crippen LogP contribution in [0.2, 0.25) is 0 Å². The zero-order valence-electron chi connectivity index (χ0n) is 8.51. The van der Waals surface area contributed by atoms with E-state index in [0.29, 0.717) is 4.47 Å². The summed E-state index contributed by atoms with van der Waals surface area (Å²) in [5.74, 6) is -1.07. The lowest BCUT2D eigenvalue weighted by atomic mass is 10.1. The molecule has 1 aromatic carbocycles. The van der Waals surface area contributed by atoms with Gasteiger partial charge in [-0.1, -0.05) is 15.9 Å². The Labute approximate surface area is 104 Å². The predicted octanol–water partition coefficient (Wildman–Crippen LogP) is 3.35. The molecular weight excluding hydrogens is 303 g/mol. The number of halogens is 4. The Kier molecular flexibility index (Phi) is 4.39. The minimum absolute atomic E-state index is 0.0606. The SMILES string of the molecule is O=C(O)CCNc1cc(Br)ccc1C(F)(F)F. The van der Waals surface area contributed by atoms with Crippen molar-refractivity contribution >= 4 is 27.6 Å². The monoisotopic (exact) mass is 311 g/mol. The number of alkyl halides is 3. The Morgan fingerprint density at radius 3 is 2.59 bits per heavy atom. The number of hydrogen-bond acceptors (Lipinski definition) is 2. The molecule has 0 saturated heterocycles. The Hall–Kier alpha value is -1.24. The van der Waals surface area contributed by atoms with Crippen LogP contribution in [0.1, 0.15) is 12.0 Å². The van der Waals surface area contributed by atoms with E-state index in [2.05, 4.69) is 21.2 Å². The molecule has 0 aromatic heterocycles. The molecule has 0 fully saturated rings. The normalized spacial score (nSPS) is 11.3. The maximum Gasteiger partial charge on any atom is 0.418 e. The van der Waals surface area contributed by atoms with Gasteiger partial charge in [0.2, 0.25) is 0 Å². The van der Waals surface area contributed by atoms with Crippen molar-refractivity contribution in [2.45, 2.75) is 12.6 Å². The number of benzene rings is 1. The molecule has 1 rings (SSSR count). The van der Waals surface area contributed by atoms with Crippen LogP contribution in [0.3, 0.4) is 0 Å². The number of carboxylic acids is 1. The second-order valence-corrected chi connectivity index (χ2v) is 4.17. The summed E-state index contributed by atoms with van der Waals surface area (Å²) in [6.07, 6.45) is -4.71. The summed E-state index contributed by atoms with van der Waals surface area (Å²) in [6, 6.07) is 3.49. The molecule has 1 aromatic rings. The Balaban J connectivity index is 2.88. The molecule has 0 aliphatic carbocycles. The molecule has 94 valence electrons. The lowest BCUT2D eigenvalue weighted by Gasteiger charge is -2.14. The van der Waals surface area contributed by atoms with E-state index in [1.165, 1.54) is 12.1 Å². The van der Waals surface area contributed by atoms with Crippen LogP contribution >= 0.6 is 15.9 Å². The summed E-state index contributed by atoms with van der Waals surface area (Å²) < 4.78 is 38.3. The third kappa shape index (κ3) is 4.26. The van der Waals surface area contributed by atoms with E-state index >= 15 is 0 Å². The Morgan fingerprint density at radius 1 is 1.41 bits per heavy atom. The highest BCUT2D eigenvalue weighted by Gasteiger charge is 2.33. The molecule has 3 nitrogen and oxygen atoms in total. The van der Waals surface area contributed by atoms with Gasteiger partial charge in [-0.3, -0.25) is 4.79 Å². The highest BCUT2D eigenvalue weighted by molar-refractivity contribution is 9.10. The van der Waals surface area contributed by atoms with Gasteiger partial charge in [-0.15, -0.1) is 0 Å². The highest BCUT2D eigenvalue weighted by atomic mass is 79.9. The number of carboxylic acid groups (broad SMARTS) is 1. The highest BCUT2D eigenvalue weighted by Crippen LogP contribution is 2.36. The maximum atomic E-state index is 12.6. The summed E-state index contributed by atoms with van der Waals surface area (Å²) in [5, 5.41) is 10.9. The molecular formula is C10H9BrF3NO2. The Bertz CT molecular complexity index is 421. The van der Waals surface area contributed by atoms with Gasteiger partial charge in [0.05, 0.1) is 12.0 Å². The summed E-state index contributed by atoms with van der Waals surface area (Å²) in [6.45, 7) is -0.0606. The zero-order chi connectivity index (χ0) is 13.1. The van der Waals surface area contributed by atoms with Gasteiger partial charge in [0.25, 0.3) is 0 Å². The smallest absolute Gasteiger partial charge is 0.418 e. The molecule has 7 heteroatoms. The Morgan fingerprint density at radius 2 is 2.06 bits per heavy atom. The second-order valence-electron chi connectivity index (χ2n) is 3.26. The van der Waals surface area contributed by atoms with Gasteiger partial charge in [-0.05, 0) is 18.2 Å². The average Bonchev–Trinajstić information content (AvgIpc) is 2.15. The van der Waals surface area contributed by atoms with Gasteiger partial charge in [0, 0.05) is 16.7 Å². The fourth-order valence-electron chi connectivity index (χ4n) is 1.21. The number of aliphatic carboxylic acids is 1. The van der Waals surface area contributed by atoms with Crippen molar-refractivity contribution in [2.75, 3.05) is 11.9 Å². The van der Waals surface area contributed by atoms with Crippen LogP contribution in [0.25, 0.3) is 0 Å². The van der Waals surface area contributed by atoms with Gasteiger partial charge in [-0.25, -0.2) is 0 Å². The third-order valence-electron chi connectivity index (χ3n) is 1.94. The van der Waals surface area contributed by atoms with Crippen molar-refractivity contribution in [3.63, 3.8) is 0 Å². The van der Waals surface area contributed by atoms with E-state index in [1.807, 2.05) is 0 Å². The van der Waals surface area contributed by atoms with Crippen molar-refractivity contribution in [1.82, 2.24) is 0 Å². The van der Waals surface area contributed by atoms with Crippen molar-refractivity contribution in [2.24, 2.45) is 0 Å². The average molecular weight is 312 g/mol. The van der Waals surface area contributed by atoms with E-state index in [1.54, 1.807) is 0 Å². The molecule has 17 heavy (non-hydrogen) atoms. The van der Waals surface area contributed by atoms with Gasteiger partial charge < -0.3 is 10.4 Å². The first kappa shape index (κ1) is 13.8. The molecule has 0 aliphatic rings. The quantitative estimate of drug-likeness (QED) is 0.896. The van der Waals surface area contributed by atoms with Crippen molar-refractivity contribution < 1.29 is 23.1 Å². The van der Waals surface area contributed by atoms with E-state index < -0.39 is 17.7 Å². The molecule has 0 amide bonds. The lowest BCUT2D eigenvalue weighted by Crippen LogP contribution is -2.13. The van der Waals surface area contributed by atoms with Crippen LogP contribution in [0.15, 0.2) is 22.7 Å².